The van der Waals surface area contributed by atoms with Crippen molar-refractivity contribution < 1.29 is 0 Å². The van der Waals surface area contributed by atoms with Crippen LogP contribution in [0.5, 0.6) is 0 Å². The third kappa shape index (κ3) is 7.86. The molecule has 0 aromatic heterocycles. The van der Waals surface area contributed by atoms with E-state index < -0.39 is 8.07 Å². The first kappa shape index (κ1) is 25.2. The molecule has 0 aliphatic rings. The second-order valence-electron chi connectivity index (χ2n) is 10.2. The van der Waals surface area contributed by atoms with Crippen LogP contribution < -0.4 is 0 Å². The van der Waals surface area contributed by atoms with E-state index in [1.807, 2.05) is 0 Å². The van der Waals surface area contributed by atoms with Crippen molar-refractivity contribution in [1.29, 1.82) is 0 Å². The van der Waals surface area contributed by atoms with Crippen LogP contribution in [0.25, 0.3) is 0 Å². The lowest BCUT2D eigenvalue weighted by Gasteiger charge is -2.38. The van der Waals surface area contributed by atoms with E-state index in [1.54, 1.807) is 5.57 Å². The summed E-state index contributed by atoms with van der Waals surface area (Å²) in [6.07, 6.45) is 7.84. The molecule has 0 N–H and O–H groups in total. The first-order valence-electron chi connectivity index (χ1n) is 12.0. The average Bonchev–Trinajstić information content (AvgIpc) is 2.75. The number of rotatable bonds is 9. The van der Waals surface area contributed by atoms with Crippen LogP contribution in [0.1, 0.15) is 70.9 Å². The summed E-state index contributed by atoms with van der Waals surface area (Å²) in [7, 11) is -1.73. The fourth-order valence-electron chi connectivity index (χ4n) is 3.73. The van der Waals surface area contributed by atoms with Gasteiger partial charge in [0.2, 0.25) is 0 Å². The van der Waals surface area contributed by atoms with Crippen molar-refractivity contribution in [2.45, 2.75) is 90.8 Å². The Hall–Kier alpha value is -2.04. The van der Waals surface area contributed by atoms with Gasteiger partial charge in [0, 0.05) is 6.42 Å². The molecule has 0 saturated carbocycles. The fourth-order valence-corrected chi connectivity index (χ4v) is 6.02. The van der Waals surface area contributed by atoms with Crippen molar-refractivity contribution in [1.82, 2.24) is 0 Å². The van der Waals surface area contributed by atoms with E-state index in [4.69, 9.17) is 0 Å². The Morgan fingerprint density at radius 2 is 1.29 bits per heavy atom. The minimum absolute atomic E-state index is 0.284. The largest absolute Gasteiger partial charge is 0.0987 e. The fraction of sp³-hybridized carbons (Fsp3) is 0.467. The van der Waals surface area contributed by atoms with Gasteiger partial charge in [0.05, 0.1) is 8.07 Å². The maximum Gasteiger partial charge on any atom is 0.0966 e. The Balaban J connectivity index is 2.43. The second kappa shape index (κ2) is 12.1. The van der Waals surface area contributed by atoms with Crippen LogP contribution in [0.15, 0.2) is 71.4 Å². The molecule has 0 amide bonds. The number of hydrogen-bond acceptors (Lipinski definition) is 0. The molecule has 2 aromatic rings. The predicted molar refractivity (Wildman–Crippen MR) is 141 cm³/mol. The van der Waals surface area contributed by atoms with E-state index in [0.29, 0.717) is 0 Å². The van der Waals surface area contributed by atoms with Gasteiger partial charge in [-0.1, -0.05) is 125 Å². The molecule has 0 spiro atoms. The van der Waals surface area contributed by atoms with Gasteiger partial charge in [-0.15, -0.1) is 0 Å². The van der Waals surface area contributed by atoms with Gasteiger partial charge in [-0.05, 0) is 53.5 Å². The third-order valence-corrected chi connectivity index (χ3v) is 12.3. The molecule has 2 rings (SSSR count). The molecule has 1 heteroatoms. The van der Waals surface area contributed by atoms with E-state index in [1.165, 1.54) is 29.2 Å². The molecule has 0 heterocycles. The zero-order valence-corrected chi connectivity index (χ0v) is 21.7. The molecule has 0 radical (unpaired) electrons. The lowest BCUT2D eigenvalue weighted by atomic mass is 9.98. The summed E-state index contributed by atoms with van der Waals surface area (Å²) in [6.45, 7) is 14.6. The minimum atomic E-state index is -1.73. The summed E-state index contributed by atoms with van der Waals surface area (Å²) >= 11 is 0. The van der Waals surface area contributed by atoms with Crippen LogP contribution >= 0.6 is 0 Å². The molecule has 0 unspecified atom stereocenters. The topological polar surface area (TPSA) is 0 Å². The first-order chi connectivity index (χ1) is 14.8. The third-order valence-electron chi connectivity index (χ3n) is 6.84. The van der Waals surface area contributed by atoms with E-state index in [0.717, 1.165) is 32.1 Å². The Morgan fingerprint density at radius 3 is 1.71 bits per heavy atom. The van der Waals surface area contributed by atoms with E-state index in [-0.39, 0.29) is 5.04 Å². The Bertz CT molecular complexity index is 825. The summed E-state index contributed by atoms with van der Waals surface area (Å²) < 4.78 is 0. The smallest absolute Gasteiger partial charge is 0.0966 e. The number of hydrogen-bond donors (Lipinski definition) is 0. The molecule has 0 saturated heterocycles. The SMILES string of the molecule is CCCCC#CC(=C(CCc1ccccc1)CCc1ccccc1)[Si](C)(C)C(C)(C)C. The number of benzene rings is 2. The molecule has 166 valence electrons. The average molecular weight is 431 g/mol. The number of unbranched alkanes of at least 4 members (excludes halogenated alkanes) is 2. The molecule has 0 aliphatic heterocycles. The Morgan fingerprint density at radius 1 is 0.806 bits per heavy atom. The highest BCUT2D eigenvalue weighted by Gasteiger charge is 2.39. The Kier molecular flexibility index (Phi) is 9.85. The van der Waals surface area contributed by atoms with E-state index in [2.05, 4.69) is 113 Å². The minimum Gasteiger partial charge on any atom is -0.0987 e. The highest BCUT2D eigenvalue weighted by molar-refractivity contribution is 6.87. The van der Waals surface area contributed by atoms with Crippen LogP contribution in [0, 0.1) is 11.8 Å². The molecule has 0 nitrogen and oxygen atoms in total. The molecule has 0 aliphatic carbocycles. The van der Waals surface area contributed by atoms with Gasteiger partial charge < -0.3 is 0 Å². The van der Waals surface area contributed by atoms with Gasteiger partial charge in [-0.2, -0.15) is 0 Å². The van der Waals surface area contributed by atoms with Crippen LogP contribution in [-0.4, -0.2) is 8.07 Å². The van der Waals surface area contributed by atoms with Crippen molar-refractivity contribution >= 4 is 8.07 Å². The molecule has 0 atom stereocenters. The Labute approximate surface area is 193 Å². The van der Waals surface area contributed by atoms with Crippen molar-refractivity contribution in [3.05, 3.63) is 82.6 Å². The van der Waals surface area contributed by atoms with Crippen LogP contribution in [-0.2, 0) is 12.8 Å². The number of aryl methyl sites for hydroxylation is 2. The maximum absolute atomic E-state index is 3.77. The standard InChI is InChI=1S/C30H42Si/c1-7-8-9-16-21-29(31(5,6)30(2,3)4)28(24-22-26-17-12-10-13-18-26)25-23-27-19-14-11-15-20-27/h10-15,17-20H,7-9,22-25H2,1-6H3. The molecule has 2 aromatic carbocycles. The summed E-state index contributed by atoms with van der Waals surface area (Å²) in [5.74, 6) is 7.33. The van der Waals surface area contributed by atoms with Gasteiger partial charge in [0.25, 0.3) is 0 Å². The summed E-state index contributed by atoms with van der Waals surface area (Å²) in [4.78, 5) is 0. The van der Waals surface area contributed by atoms with E-state index in [9.17, 15) is 0 Å². The van der Waals surface area contributed by atoms with Gasteiger partial charge in [-0.3, -0.25) is 0 Å². The van der Waals surface area contributed by atoms with Gasteiger partial charge >= 0.3 is 0 Å². The molecular weight excluding hydrogens is 388 g/mol. The summed E-state index contributed by atoms with van der Waals surface area (Å²) in [6, 6.07) is 21.9. The van der Waals surface area contributed by atoms with Gasteiger partial charge in [0.1, 0.15) is 0 Å². The zero-order chi connectivity index (χ0) is 22.7. The monoisotopic (exact) mass is 430 g/mol. The molecule has 31 heavy (non-hydrogen) atoms. The lowest BCUT2D eigenvalue weighted by molar-refractivity contribution is 0.723. The van der Waals surface area contributed by atoms with Crippen molar-refractivity contribution in [2.75, 3.05) is 0 Å². The van der Waals surface area contributed by atoms with Crippen molar-refractivity contribution in [2.24, 2.45) is 0 Å². The zero-order valence-electron chi connectivity index (χ0n) is 20.7. The predicted octanol–water partition coefficient (Wildman–Crippen LogP) is 8.79. The van der Waals surface area contributed by atoms with Crippen molar-refractivity contribution in [3.8, 4) is 11.8 Å². The normalized spacial score (nSPS) is 11.5. The van der Waals surface area contributed by atoms with Crippen LogP contribution in [0.4, 0.5) is 0 Å². The summed E-state index contributed by atoms with van der Waals surface area (Å²) in [5, 5.41) is 1.80. The lowest BCUT2D eigenvalue weighted by Crippen LogP contribution is -2.40. The van der Waals surface area contributed by atoms with Crippen LogP contribution in [0.3, 0.4) is 0 Å². The molecule has 0 fully saturated rings. The van der Waals surface area contributed by atoms with Gasteiger partial charge in [-0.25, -0.2) is 0 Å². The van der Waals surface area contributed by atoms with E-state index >= 15 is 0 Å². The van der Waals surface area contributed by atoms with Gasteiger partial charge in [0.15, 0.2) is 0 Å². The van der Waals surface area contributed by atoms with Crippen molar-refractivity contribution in [3.63, 3.8) is 0 Å². The number of allylic oxidation sites excluding steroid dienone is 2. The van der Waals surface area contributed by atoms with Crippen LogP contribution in [0.2, 0.25) is 18.1 Å². The highest BCUT2D eigenvalue weighted by Crippen LogP contribution is 2.42. The molecule has 0 bridgehead atoms. The summed E-state index contributed by atoms with van der Waals surface area (Å²) in [5.41, 5.74) is 4.45. The highest BCUT2D eigenvalue weighted by atomic mass is 28.3. The quantitative estimate of drug-likeness (QED) is 0.212. The molecular formula is C30H42Si. The maximum atomic E-state index is 3.77. The first-order valence-corrected chi connectivity index (χ1v) is 15.0. The second-order valence-corrected chi connectivity index (χ2v) is 15.5.